The quantitative estimate of drug-likeness (QED) is 0.392. The van der Waals surface area contributed by atoms with Crippen molar-refractivity contribution in [3.63, 3.8) is 0 Å². The van der Waals surface area contributed by atoms with Gasteiger partial charge in [0, 0.05) is 0 Å². The standard InChI is InChI=1S/C25H30GeN/c1-17-12-14-20-19-10-8-9-11-21(19)25(2,3)24(20)23(17)22-15-13-18(16-27(22)7)26(4,5)6/h8-16H,1-7H3/q+1. The van der Waals surface area contributed by atoms with Crippen molar-refractivity contribution >= 4 is 17.7 Å². The van der Waals surface area contributed by atoms with Crippen LogP contribution in [0.2, 0.25) is 17.3 Å². The van der Waals surface area contributed by atoms with Crippen LogP contribution in [0.5, 0.6) is 0 Å². The van der Waals surface area contributed by atoms with Crippen molar-refractivity contribution < 1.29 is 4.57 Å². The summed E-state index contributed by atoms with van der Waals surface area (Å²) in [4.78, 5) is 0. The van der Waals surface area contributed by atoms with Crippen LogP contribution in [0.25, 0.3) is 22.4 Å². The van der Waals surface area contributed by atoms with E-state index in [-0.39, 0.29) is 5.41 Å². The van der Waals surface area contributed by atoms with Crippen LogP contribution in [-0.4, -0.2) is 13.3 Å². The van der Waals surface area contributed by atoms with Gasteiger partial charge in [0.05, 0.1) is 0 Å². The molecule has 1 nitrogen and oxygen atoms in total. The summed E-state index contributed by atoms with van der Waals surface area (Å²) >= 11 is -1.84. The number of aromatic nitrogens is 1. The van der Waals surface area contributed by atoms with E-state index in [2.05, 4.69) is 104 Å². The molecule has 0 N–H and O–H groups in total. The zero-order chi connectivity index (χ0) is 19.6. The Balaban J connectivity index is 2.01. The van der Waals surface area contributed by atoms with Gasteiger partial charge >= 0.3 is 167 Å². The first-order valence-corrected chi connectivity index (χ1v) is 17.2. The van der Waals surface area contributed by atoms with Gasteiger partial charge in [0.2, 0.25) is 0 Å². The van der Waals surface area contributed by atoms with E-state index in [1.807, 2.05) is 0 Å². The van der Waals surface area contributed by atoms with Crippen LogP contribution in [-0.2, 0) is 12.5 Å². The number of nitrogens with zero attached hydrogens (tertiary/aromatic N) is 1. The van der Waals surface area contributed by atoms with Gasteiger partial charge in [-0.25, -0.2) is 0 Å². The van der Waals surface area contributed by atoms with Gasteiger partial charge in [0.1, 0.15) is 0 Å². The summed E-state index contributed by atoms with van der Waals surface area (Å²) in [5.41, 5.74) is 9.80. The fourth-order valence-corrected chi connectivity index (χ4v) is 7.06. The molecular weight excluding hydrogens is 387 g/mol. The zero-order valence-electron chi connectivity index (χ0n) is 17.6. The third-order valence-corrected chi connectivity index (χ3v) is 10.4. The van der Waals surface area contributed by atoms with Crippen molar-refractivity contribution in [3.8, 4) is 22.4 Å². The Hall–Kier alpha value is -1.87. The summed E-state index contributed by atoms with van der Waals surface area (Å²) in [7, 11) is 2.21. The van der Waals surface area contributed by atoms with E-state index in [1.165, 1.54) is 39.1 Å². The predicted molar refractivity (Wildman–Crippen MR) is 118 cm³/mol. The number of aryl methyl sites for hydroxylation is 2. The van der Waals surface area contributed by atoms with Gasteiger partial charge in [-0.2, -0.15) is 0 Å². The van der Waals surface area contributed by atoms with E-state index >= 15 is 0 Å². The molecule has 138 valence electrons. The topological polar surface area (TPSA) is 3.88 Å². The van der Waals surface area contributed by atoms with Crippen LogP contribution < -0.4 is 8.96 Å². The Morgan fingerprint density at radius 2 is 1.56 bits per heavy atom. The molecule has 0 atom stereocenters. The second-order valence-corrected chi connectivity index (χ2v) is 20.2. The Bertz CT molecular complexity index is 1050. The molecular formula is C25H30GeN+. The number of pyridine rings is 1. The molecule has 0 bridgehead atoms. The Morgan fingerprint density at radius 1 is 0.852 bits per heavy atom. The molecule has 0 unspecified atom stereocenters. The van der Waals surface area contributed by atoms with Gasteiger partial charge in [0.25, 0.3) is 0 Å². The molecule has 0 saturated heterocycles. The van der Waals surface area contributed by atoms with Crippen LogP contribution in [0.15, 0.2) is 54.7 Å². The molecule has 27 heavy (non-hydrogen) atoms. The third-order valence-electron chi connectivity index (χ3n) is 6.18. The van der Waals surface area contributed by atoms with E-state index in [0.29, 0.717) is 0 Å². The first-order chi connectivity index (χ1) is 12.6. The minimum absolute atomic E-state index is 0.0147. The summed E-state index contributed by atoms with van der Waals surface area (Å²) in [5.74, 6) is 7.38. The Labute approximate surface area is 166 Å². The average molecular weight is 417 g/mol. The molecule has 3 aromatic rings. The summed E-state index contributed by atoms with van der Waals surface area (Å²) in [6.45, 7) is 7.00. The first-order valence-electron chi connectivity index (χ1n) is 9.87. The monoisotopic (exact) mass is 418 g/mol. The molecule has 1 aliphatic carbocycles. The van der Waals surface area contributed by atoms with Crippen LogP contribution in [0.1, 0.15) is 30.5 Å². The zero-order valence-corrected chi connectivity index (χ0v) is 19.7. The Kier molecular flexibility index (Phi) is 4.16. The molecule has 1 heterocycles. The normalized spacial score (nSPS) is 14.8. The molecule has 1 aliphatic rings. The van der Waals surface area contributed by atoms with Gasteiger partial charge in [-0.3, -0.25) is 0 Å². The van der Waals surface area contributed by atoms with E-state index < -0.39 is 13.3 Å². The van der Waals surface area contributed by atoms with Crippen LogP contribution in [0.3, 0.4) is 0 Å². The maximum atomic E-state index is 2.46. The number of hydrogen-bond acceptors (Lipinski definition) is 0. The molecule has 0 fully saturated rings. The van der Waals surface area contributed by atoms with Crippen LogP contribution in [0.4, 0.5) is 0 Å². The second-order valence-electron chi connectivity index (χ2n) is 9.51. The predicted octanol–water partition coefficient (Wildman–Crippen LogP) is 5.34. The molecule has 0 amide bonds. The van der Waals surface area contributed by atoms with Gasteiger partial charge in [-0.1, -0.05) is 0 Å². The number of hydrogen-bond donors (Lipinski definition) is 0. The van der Waals surface area contributed by atoms with Crippen LogP contribution >= 0.6 is 0 Å². The molecule has 0 radical (unpaired) electrons. The fraction of sp³-hybridized carbons (Fsp3) is 0.320. The number of benzene rings is 2. The average Bonchev–Trinajstić information content (AvgIpc) is 2.83. The van der Waals surface area contributed by atoms with Gasteiger partial charge in [-0.15, -0.1) is 0 Å². The molecule has 2 heteroatoms. The Morgan fingerprint density at radius 3 is 2.22 bits per heavy atom. The second kappa shape index (κ2) is 6.07. The van der Waals surface area contributed by atoms with Gasteiger partial charge < -0.3 is 0 Å². The van der Waals surface area contributed by atoms with Crippen molar-refractivity contribution in [2.75, 3.05) is 0 Å². The molecule has 0 saturated carbocycles. The summed E-state index contributed by atoms with van der Waals surface area (Å²) in [5, 5.41) is 0. The van der Waals surface area contributed by atoms with Crippen molar-refractivity contribution in [1.29, 1.82) is 0 Å². The maximum absolute atomic E-state index is 2.46. The molecule has 0 aliphatic heterocycles. The van der Waals surface area contributed by atoms with Crippen LogP contribution in [0, 0.1) is 6.92 Å². The molecule has 0 spiro atoms. The first kappa shape index (κ1) is 18.5. The van der Waals surface area contributed by atoms with Crippen molar-refractivity contribution in [3.05, 3.63) is 71.4 Å². The van der Waals surface area contributed by atoms with Crippen molar-refractivity contribution in [2.24, 2.45) is 7.05 Å². The fourth-order valence-electron chi connectivity index (χ4n) is 4.62. The number of rotatable bonds is 2. The summed E-state index contributed by atoms with van der Waals surface area (Å²) in [6.07, 6.45) is 2.38. The number of fused-ring (bicyclic) bond motifs is 3. The van der Waals surface area contributed by atoms with Crippen molar-refractivity contribution in [1.82, 2.24) is 0 Å². The van der Waals surface area contributed by atoms with Crippen molar-refractivity contribution in [2.45, 2.75) is 43.5 Å². The molecule has 2 aromatic carbocycles. The van der Waals surface area contributed by atoms with E-state index in [4.69, 9.17) is 0 Å². The van der Waals surface area contributed by atoms with Gasteiger partial charge in [-0.05, 0) is 0 Å². The van der Waals surface area contributed by atoms with E-state index in [0.717, 1.165) is 0 Å². The SMILES string of the molecule is Cc1ccc2c(c1-c1cc[c]([Ge]([CH3])([CH3])[CH3])c[n+]1C)C(C)(C)c1ccccc1-2. The summed E-state index contributed by atoms with van der Waals surface area (Å²) in [6, 6.07) is 18.2. The van der Waals surface area contributed by atoms with E-state index in [9.17, 15) is 0 Å². The molecule has 1 aromatic heterocycles. The third kappa shape index (κ3) is 2.79. The van der Waals surface area contributed by atoms with E-state index in [1.54, 1.807) is 4.40 Å². The minimum atomic E-state index is -1.84. The van der Waals surface area contributed by atoms with Gasteiger partial charge in [0.15, 0.2) is 0 Å². The molecule has 4 rings (SSSR count). The summed E-state index contributed by atoms with van der Waals surface area (Å²) < 4.78 is 3.90.